The Kier molecular flexibility index (Phi) is 9.62. The molecule has 0 aromatic heterocycles. The molecule has 1 aromatic rings. The van der Waals surface area contributed by atoms with Crippen LogP contribution in [0.1, 0.15) is 44.0 Å². The number of nitrogens with zero attached hydrogens (tertiary/aromatic N) is 2. The van der Waals surface area contributed by atoms with E-state index in [1.165, 1.54) is 7.11 Å². The molecule has 6 heteroatoms. The maximum Gasteiger partial charge on any atom is 0.291 e. The van der Waals surface area contributed by atoms with Crippen molar-refractivity contribution in [3.05, 3.63) is 29.8 Å². The standard InChI is InChI=1S/C19H31N3O3/c1-6-22(7-2)13-9-10-15(3)20-19(25-5)21-18(23)16-11-8-12-17(14-16)24-4/h8,11-12,14-15H,6-7,9-10,13H2,1-5H3,(H,20,21,23)/t15-/m1/s1. The van der Waals surface area contributed by atoms with E-state index in [1.54, 1.807) is 31.4 Å². The van der Waals surface area contributed by atoms with Crippen molar-refractivity contribution in [1.82, 2.24) is 10.2 Å². The van der Waals surface area contributed by atoms with Crippen LogP contribution in [-0.2, 0) is 4.74 Å². The number of hydrogen-bond donors (Lipinski definition) is 1. The van der Waals surface area contributed by atoms with Crippen molar-refractivity contribution < 1.29 is 14.3 Å². The fourth-order valence-electron chi connectivity index (χ4n) is 2.48. The third-order valence-electron chi connectivity index (χ3n) is 4.07. The van der Waals surface area contributed by atoms with Crippen LogP contribution in [0.5, 0.6) is 5.75 Å². The first-order valence-electron chi connectivity index (χ1n) is 8.83. The van der Waals surface area contributed by atoms with Gasteiger partial charge in [-0.3, -0.25) is 10.1 Å². The molecule has 1 N–H and O–H groups in total. The number of ether oxygens (including phenoxy) is 2. The molecule has 1 atom stereocenters. The van der Waals surface area contributed by atoms with Crippen molar-refractivity contribution in [2.45, 2.75) is 39.7 Å². The first-order valence-corrected chi connectivity index (χ1v) is 8.83. The summed E-state index contributed by atoms with van der Waals surface area (Å²) in [6.45, 7) is 9.55. The number of carbonyl (C=O) groups excluding carboxylic acids is 1. The summed E-state index contributed by atoms with van der Waals surface area (Å²) in [5, 5.41) is 2.71. The highest BCUT2D eigenvalue weighted by Gasteiger charge is 2.11. The second kappa shape index (κ2) is 11.5. The molecule has 0 aliphatic rings. The van der Waals surface area contributed by atoms with Crippen molar-refractivity contribution >= 4 is 11.9 Å². The molecule has 0 spiro atoms. The van der Waals surface area contributed by atoms with Crippen molar-refractivity contribution in [3.63, 3.8) is 0 Å². The molecule has 0 unspecified atom stereocenters. The second-order valence-electron chi connectivity index (χ2n) is 5.84. The molecule has 0 saturated heterocycles. The minimum Gasteiger partial charge on any atom is -0.497 e. The zero-order valence-corrected chi connectivity index (χ0v) is 16.0. The van der Waals surface area contributed by atoms with Crippen molar-refractivity contribution in [3.8, 4) is 5.75 Å². The lowest BCUT2D eigenvalue weighted by Crippen LogP contribution is -2.33. The number of amidine groups is 1. The van der Waals surface area contributed by atoms with Crippen LogP contribution < -0.4 is 10.1 Å². The molecule has 0 fully saturated rings. The summed E-state index contributed by atoms with van der Waals surface area (Å²) < 4.78 is 10.4. The average Bonchev–Trinajstić information content (AvgIpc) is 2.64. The van der Waals surface area contributed by atoms with Crippen LogP contribution in [0, 0.1) is 0 Å². The summed E-state index contributed by atoms with van der Waals surface area (Å²) in [5.74, 6) is 0.364. The van der Waals surface area contributed by atoms with E-state index in [2.05, 4.69) is 29.1 Å². The van der Waals surface area contributed by atoms with Gasteiger partial charge in [-0.25, -0.2) is 4.99 Å². The Hall–Kier alpha value is -2.08. The molecule has 0 aliphatic carbocycles. The Balaban J connectivity index is 2.58. The summed E-state index contributed by atoms with van der Waals surface area (Å²) >= 11 is 0. The number of benzene rings is 1. The van der Waals surface area contributed by atoms with Gasteiger partial charge in [0.2, 0.25) is 0 Å². The second-order valence-corrected chi connectivity index (χ2v) is 5.84. The maximum atomic E-state index is 12.3. The molecule has 6 nitrogen and oxygen atoms in total. The van der Waals surface area contributed by atoms with Gasteiger partial charge in [0.25, 0.3) is 11.9 Å². The van der Waals surface area contributed by atoms with Gasteiger partial charge in [-0.15, -0.1) is 0 Å². The van der Waals surface area contributed by atoms with Gasteiger partial charge in [0.1, 0.15) is 5.75 Å². The van der Waals surface area contributed by atoms with E-state index in [0.717, 1.165) is 32.5 Å². The molecular formula is C19H31N3O3. The summed E-state index contributed by atoms with van der Waals surface area (Å²) in [6.07, 6.45) is 2.01. The summed E-state index contributed by atoms with van der Waals surface area (Å²) in [7, 11) is 3.08. The fraction of sp³-hybridized carbons (Fsp3) is 0.579. The number of aliphatic imine (C=N–C) groups is 1. The van der Waals surface area contributed by atoms with Gasteiger partial charge < -0.3 is 14.4 Å². The molecule has 1 aromatic carbocycles. The van der Waals surface area contributed by atoms with Crippen LogP contribution in [-0.4, -0.2) is 56.7 Å². The van der Waals surface area contributed by atoms with Crippen LogP contribution in [0.15, 0.2) is 29.3 Å². The molecule has 0 radical (unpaired) electrons. The largest absolute Gasteiger partial charge is 0.497 e. The number of carbonyl (C=O) groups is 1. The lowest BCUT2D eigenvalue weighted by molar-refractivity contribution is 0.0968. The van der Waals surface area contributed by atoms with Crippen molar-refractivity contribution in [2.75, 3.05) is 33.9 Å². The Morgan fingerprint density at radius 1 is 1.28 bits per heavy atom. The van der Waals surface area contributed by atoms with Crippen LogP contribution in [0.3, 0.4) is 0 Å². The summed E-state index contributed by atoms with van der Waals surface area (Å²) in [5.41, 5.74) is 0.498. The van der Waals surface area contributed by atoms with Crippen molar-refractivity contribution in [1.29, 1.82) is 0 Å². The van der Waals surface area contributed by atoms with Gasteiger partial charge in [-0.1, -0.05) is 19.9 Å². The van der Waals surface area contributed by atoms with E-state index in [0.29, 0.717) is 11.3 Å². The highest BCUT2D eigenvalue weighted by molar-refractivity contribution is 6.04. The molecule has 0 bridgehead atoms. The van der Waals surface area contributed by atoms with Gasteiger partial charge in [0, 0.05) is 5.56 Å². The van der Waals surface area contributed by atoms with Gasteiger partial charge >= 0.3 is 0 Å². The highest BCUT2D eigenvalue weighted by atomic mass is 16.5. The van der Waals surface area contributed by atoms with Gasteiger partial charge in [0.05, 0.1) is 20.3 Å². The molecule has 0 aliphatic heterocycles. The first kappa shape index (κ1) is 21.0. The zero-order valence-electron chi connectivity index (χ0n) is 16.0. The van der Waals surface area contributed by atoms with E-state index in [-0.39, 0.29) is 18.0 Å². The van der Waals surface area contributed by atoms with Gasteiger partial charge in [-0.05, 0) is 57.6 Å². The number of rotatable bonds is 9. The van der Waals surface area contributed by atoms with E-state index in [9.17, 15) is 4.79 Å². The Labute approximate surface area is 151 Å². The Morgan fingerprint density at radius 2 is 2.00 bits per heavy atom. The normalized spacial score (nSPS) is 12.8. The number of amides is 1. The lowest BCUT2D eigenvalue weighted by atomic mass is 10.2. The van der Waals surface area contributed by atoms with Gasteiger partial charge in [-0.2, -0.15) is 0 Å². The predicted octanol–water partition coefficient (Wildman–Crippen LogP) is 2.94. The smallest absolute Gasteiger partial charge is 0.291 e. The van der Waals surface area contributed by atoms with E-state index < -0.39 is 0 Å². The zero-order chi connectivity index (χ0) is 18.7. The molecule has 140 valence electrons. The molecular weight excluding hydrogens is 318 g/mol. The monoisotopic (exact) mass is 349 g/mol. The van der Waals surface area contributed by atoms with Crippen LogP contribution in [0.25, 0.3) is 0 Å². The average molecular weight is 349 g/mol. The first-order chi connectivity index (χ1) is 12.0. The van der Waals surface area contributed by atoms with Crippen LogP contribution >= 0.6 is 0 Å². The van der Waals surface area contributed by atoms with E-state index in [1.807, 2.05) is 6.92 Å². The Bertz CT molecular complexity index is 557. The highest BCUT2D eigenvalue weighted by Crippen LogP contribution is 2.12. The minimum atomic E-state index is -0.269. The molecule has 1 rings (SSSR count). The predicted molar refractivity (Wildman–Crippen MR) is 101 cm³/mol. The third kappa shape index (κ3) is 7.56. The summed E-state index contributed by atoms with van der Waals surface area (Å²) in [4.78, 5) is 19.2. The number of nitrogens with one attached hydrogen (secondary N) is 1. The topological polar surface area (TPSA) is 63.2 Å². The van der Waals surface area contributed by atoms with Crippen LogP contribution in [0.4, 0.5) is 0 Å². The molecule has 0 saturated carbocycles. The van der Waals surface area contributed by atoms with E-state index in [4.69, 9.17) is 9.47 Å². The lowest BCUT2D eigenvalue weighted by Gasteiger charge is -2.18. The fourth-order valence-corrected chi connectivity index (χ4v) is 2.48. The van der Waals surface area contributed by atoms with Crippen LogP contribution in [0.2, 0.25) is 0 Å². The summed E-state index contributed by atoms with van der Waals surface area (Å²) in [6, 6.07) is 7.28. The molecule has 1 amide bonds. The van der Waals surface area contributed by atoms with E-state index >= 15 is 0 Å². The molecule has 0 heterocycles. The van der Waals surface area contributed by atoms with Crippen molar-refractivity contribution in [2.24, 2.45) is 4.99 Å². The third-order valence-corrected chi connectivity index (χ3v) is 4.07. The quantitative estimate of drug-likeness (QED) is 0.550. The Morgan fingerprint density at radius 3 is 2.60 bits per heavy atom. The number of methoxy groups -OCH3 is 2. The maximum absolute atomic E-state index is 12.3. The van der Waals surface area contributed by atoms with Gasteiger partial charge in [0.15, 0.2) is 0 Å². The number of hydrogen-bond acceptors (Lipinski definition) is 5. The minimum absolute atomic E-state index is 0.0797. The molecule has 25 heavy (non-hydrogen) atoms. The SMILES string of the molecule is CCN(CC)CCC[C@@H](C)N=C(NC(=O)c1cccc(OC)c1)OC.